The van der Waals surface area contributed by atoms with Crippen LogP contribution in [0.25, 0.3) is 0 Å². The molecule has 0 heterocycles. The molecule has 0 unspecified atom stereocenters. The molecule has 0 aliphatic rings. The third-order valence-corrected chi connectivity index (χ3v) is 2.35. The summed E-state index contributed by atoms with van der Waals surface area (Å²) >= 11 is 0. The van der Waals surface area contributed by atoms with Gasteiger partial charge in [-0.1, -0.05) is 12.1 Å². The van der Waals surface area contributed by atoms with Gasteiger partial charge >= 0.3 is 0 Å². The maximum Gasteiger partial charge on any atom is 0.123 e. The highest BCUT2D eigenvalue weighted by atomic mass is 35.5. The van der Waals surface area contributed by atoms with Gasteiger partial charge in [-0.15, -0.1) is 12.4 Å². The van der Waals surface area contributed by atoms with Crippen LogP contribution in [-0.2, 0) is 0 Å². The van der Waals surface area contributed by atoms with E-state index in [0.717, 1.165) is 11.1 Å². The van der Waals surface area contributed by atoms with Gasteiger partial charge in [0.25, 0.3) is 0 Å². The van der Waals surface area contributed by atoms with E-state index in [1.807, 2.05) is 19.1 Å². The van der Waals surface area contributed by atoms with E-state index in [9.17, 15) is 0 Å². The molecular formula is C10H15ClN2. The summed E-state index contributed by atoms with van der Waals surface area (Å²) in [4.78, 5) is 0. The lowest BCUT2D eigenvalue weighted by Gasteiger charge is -2.09. The first kappa shape index (κ1) is 12.0. The second-order valence-electron chi connectivity index (χ2n) is 3.09. The van der Waals surface area contributed by atoms with Gasteiger partial charge in [0.2, 0.25) is 0 Å². The van der Waals surface area contributed by atoms with Crippen molar-refractivity contribution >= 4 is 18.2 Å². The summed E-state index contributed by atoms with van der Waals surface area (Å²) in [5, 5.41) is 7.32. The van der Waals surface area contributed by atoms with Crippen LogP contribution in [-0.4, -0.2) is 5.84 Å². The van der Waals surface area contributed by atoms with Crippen LogP contribution in [0.15, 0.2) is 12.1 Å². The molecular weight excluding hydrogens is 184 g/mol. The number of nitrogens with two attached hydrogens (primary N) is 1. The van der Waals surface area contributed by atoms with E-state index in [-0.39, 0.29) is 18.2 Å². The van der Waals surface area contributed by atoms with Gasteiger partial charge in [-0.2, -0.15) is 0 Å². The van der Waals surface area contributed by atoms with Gasteiger partial charge in [-0.3, -0.25) is 5.41 Å². The molecule has 0 fully saturated rings. The predicted octanol–water partition coefficient (Wildman–Crippen LogP) is 2.32. The van der Waals surface area contributed by atoms with E-state index in [0.29, 0.717) is 0 Å². The van der Waals surface area contributed by atoms with E-state index in [4.69, 9.17) is 11.1 Å². The molecule has 3 N–H and O–H groups in total. The van der Waals surface area contributed by atoms with Crippen molar-refractivity contribution in [2.45, 2.75) is 20.8 Å². The molecule has 1 rings (SSSR count). The number of halogens is 1. The first-order valence-electron chi connectivity index (χ1n) is 3.95. The molecule has 0 aliphatic carbocycles. The second-order valence-corrected chi connectivity index (χ2v) is 3.09. The van der Waals surface area contributed by atoms with Crippen molar-refractivity contribution in [2.75, 3.05) is 0 Å². The van der Waals surface area contributed by atoms with Gasteiger partial charge < -0.3 is 5.73 Å². The van der Waals surface area contributed by atoms with Crippen LogP contribution in [0.4, 0.5) is 0 Å². The van der Waals surface area contributed by atoms with Crippen molar-refractivity contribution in [1.29, 1.82) is 5.41 Å². The summed E-state index contributed by atoms with van der Waals surface area (Å²) < 4.78 is 0. The number of rotatable bonds is 1. The SMILES string of the molecule is Cc1ccc(C(=N)N)c(C)c1C.Cl. The Morgan fingerprint density at radius 3 is 2.15 bits per heavy atom. The van der Waals surface area contributed by atoms with E-state index >= 15 is 0 Å². The Balaban J connectivity index is 0.00000144. The maximum absolute atomic E-state index is 7.32. The molecule has 0 saturated carbocycles. The van der Waals surface area contributed by atoms with Crippen LogP contribution in [0, 0.1) is 26.2 Å². The molecule has 0 amide bonds. The van der Waals surface area contributed by atoms with Gasteiger partial charge in [0.05, 0.1) is 0 Å². The summed E-state index contributed by atoms with van der Waals surface area (Å²) in [5.41, 5.74) is 9.85. The summed E-state index contributed by atoms with van der Waals surface area (Å²) in [6.45, 7) is 6.11. The quantitative estimate of drug-likeness (QED) is 0.528. The maximum atomic E-state index is 7.32. The summed E-state index contributed by atoms with van der Waals surface area (Å²) in [5.74, 6) is 0.149. The van der Waals surface area contributed by atoms with Crippen LogP contribution in [0.3, 0.4) is 0 Å². The molecule has 0 bridgehead atoms. The molecule has 0 aliphatic heterocycles. The molecule has 0 radical (unpaired) electrons. The topological polar surface area (TPSA) is 49.9 Å². The number of hydrogen-bond donors (Lipinski definition) is 2. The molecule has 3 heteroatoms. The van der Waals surface area contributed by atoms with E-state index in [2.05, 4.69) is 13.8 Å². The van der Waals surface area contributed by atoms with Crippen molar-refractivity contribution in [3.63, 3.8) is 0 Å². The number of benzene rings is 1. The van der Waals surface area contributed by atoms with Gasteiger partial charge in [0.1, 0.15) is 5.84 Å². The summed E-state index contributed by atoms with van der Waals surface area (Å²) in [6, 6.07) is 3.90. The van der Waals surface area contributed by atoms with Crippen molar-refractivity contribution in [3.05, 3.63) is 34.4 Å². The molecule has 1 aromatic rings. The van der Waals surface area contributed by atoms with Crippen LogP contribution in [0.2, 0.25) is 0 Å². The fourth-order valence-electron chi connectivity index (χ4n) is 1.25. The Bertz CT molecular complexity index is 332. The van der Waals surface area contributed by atoms with E-state index < -0.39 is 0 Å². The minimum atomic E-state index is 0. The Morgan fingerprint density at radius 2 is 1.69 bits per heavy atom. The summed E-state index contributed by atoms with van der Waals surface area (Å²) in [7, 11) is 0. The lowest BCUT2D eigenvalue weighted by molar-refractivity contribution is 1.24. The summed E-state index contributed by atoms with van der Waals surface area (Å²) in [6.07, 6.45) is 0. The third-order valence-electron chi connectivity index (χ3n) is 2.35. The Labute approximate surface area is 85.1 Å². The monoisotopic (exact) mass is 198 g/mol. The van der Waals surface area contributed by atoms with Gasteiger partial charge in [0, 0.05) is 5.56 Å². The highest BCUT2D eigenvalue weighted by Crippen LogP contribution is 2.16. The van der Waals surface area contributed by atoms with Crippen LogP contribution >= 0.6 is 12.4 Å². The molecule has 2 nitrogen and oxygen atoms in total. The average Bonchev–Trinajstić information content (AvgIpc) is 2.00. The fraction of sp³-hybridized carbons (Fsp3) is 0.300. The second kappa shape index (κ2) is 4.28. The molecule has 0 spiro atoms. The number of nitrogens with one attached hydrogen (secondary N) is 1. The largest absolute Gasteiger partial charge is 0.384 e. The minimum absolute atomic E-state index is 0. The molecule has 0 aromatic heterocycles. The lowest BCUT2D eigenvalue weighted by atomic mass is 9.98. The normalized spacial score (nSPS) is 9.15. The first-order chi connectivity index (χ1) is 5.54. The minimum Gasteiger partial charge on any atom is -0.384 e. The molecule has 0 atom stereocenters. The van der Waals surface area contributed by atoms with Gasteiger partial charge in [0.15, 0.2) is 0 Å². The average molecular weight is 199 g/mol. The Kier molecular flexibility index (Phi) is 3.95. The van der Waals surface area contributed by atoms with Crippen molar-refractivity contribution in [3.8, 4) is 0 Å². The van der Waals surface area contributed by atoms with Crippen molar-refractivity contribution in [2.24, 2.45) is 5.73 Å². The van der Waals surface area contributed by atoms with Gasteiger partial charge in [-0.25, -0.2) is 0 Å². The number of aryl methyl sites for hydroxylation is 1. The lowest BCUT2D eigenvalue weighted by Crippen LogP contribution is -2.13. The fourth-order valence-corrected chi connectivity index (χ4v) is 1.25. The van der Waals surface area contributed by atoms with Crippen LogP contribution in [0.1, 0.15) is 22.3 Å². The molecule has 72 valence electrons. The molecule has 1 aromatic carbocycles. The standard InChI is InChI=1S/C10H14N2.ClH/c1-6-4-5-9(10(11)12)8(3)7(6)2;/h4-5H,1-3H3,(H3,11,12);1H. The smallest absolute Gasteiger partial charge is 0.123 e. The first-order valence-corrected chi connectivity index (χ1v) is 3.95. The number of amidine groups is 1. The zero-order chi connectivity index (χ0) is 9.30. The zero-order valence-corrected chi connectivity index (χ0v) is 8.96. The Morgan fingerprint density at radius 1 is 1.15 bits per heavy atom. The van der Waals surface area contributed by atoms with Crippen LogP contribution in [0.5, 0.6) is 0 Å². The number of hydrogen-bond acceptors (Lipinski definition) is 1. The number of nitrogen functional groups attached to an aromatic ring is 1. The highest BCUT2D eigenvalue weighted by Gasteiger charge is 2.04. The molecule has 13 heavy (non-hydrogen) atoms. The van der Waals surface area contributed by atoms with E-state index in [1.54, 1.807) is 0 Å². The zero-order valence-electron chi connectivity index (χ0n) is 8.14. The molecule has 0 saturated heterocycles. The van der Waals surface area contributed by atoms with Crippen molar-refractivity contribution < 1.29 is 0 Å². The van der Waals surface area contributed by atoms with E-state index in [1.165, 1.54) is 11.1 Å². The van der Waals surface area contributed by atoms with Crippen LogP contribution < -0.4 is 5.73 Å². The van der Waals surface area contributed by atoms with Crippen molar-refractivity contribution in [1.82, 2.24) is 0 Å². The third kappa shape index (κ3) is 2.22. The Hall–Kier alpha value is -1.02. The highest BCUT2D eigenvalue weighted by molar-refractivity contribution is 5.96. The van der Waals surface area contributed by atoms with Gasteiger partial charge in [-0.05, 0) is 37.5 Å². The predicted molar refractivity (Wildman–Crippen MR) is 58.9 cm³/mol.